The standard InChI is InChI=1S/C17H20N4O2/c1-23-16-7-5-14(12-19-16)17(22)20-11-13-4-6-15(18-10-13)21-8-2-3-9-21/h4-7,10,12H,2-3,8-9,11H2,1H3,(H,20,22). The van der Waals surface area contributed by atoms with Crippen molar-refractivity contribution in [2.45, 2.75) is 19.4 Å². The van der Waals surface area contributed by atoms with E-state index >= 15 is 0 Å². The second-order valence-corrected chi connectivity index (χ2v) is 5.49. The molecule has 1 aliphatic heterocycles. The van der Waals surface area contributed by atoms with Gasteiger partial charge in [-0.15, -0.1) is 0 Å². The highest BCUT2D eigenvalue weighted by atomic mass is 16.5. The molecular formula is C17H20N4O2. The summed E-state index contributed by atoms with van der Waals surface area (Å²) >= 11 is 0. The number of nitrogens with one attached hydrogen (secondary N) is 1. The fourth-order valence-corrected chi connectivity index (χ4v) is 2.57. The molecule has 3 heterocycles. The lowest BCUT2D eigenvalue weighted by Crippen LogP contribution is -2.23. The van der Waals surface area contributed by atoms with Gasteiger partial charge in [0, 0.05) is 38.1 Å². The summed E-state index contributed by atoms with van der Waals surface area (Å²) in [4.78, 5) is 22.9. The molecule has 2 aromatic rings. The minimum Gasteiger partial charge on any atom is -0.481 e. The highest BCUT2D eigenvalue weighted by molar-refractivity contribution is 5.93. The van der Waals surface area contributed by atoms with Crippen LogP contribution in [0.5, 0.6) is 5.88 Å². The number of pyridine rings is 2. The quantitative estimate of drug-likeness (QED) is 0.915. The van der Waals surface area contributed by atoms with E-state index in [-0.39, 0.29) is 5.91 Å². The number of amides is 1. The lowest BCUT2D eigenvalue weighted by molar-refractivity contribution is 0.0950. The topological polar surface area (TPSA) is 67.3 Å². The van der Waals surface area contributed by atoms with Crippen LogP contribution in [-0.4, -0.2) is 36.1 Å². The van der Waals surface area contributed by atoms with Crippen molar-refractivity contribution in [2.75, 3.05) is 25.1 Å². The molecule has 0 aromatic carbocycles. The Morgan fingerprint density at radius 3 is 2.61 bits per heavy atom. The molecule has 1 N–H and O–H groups in total. The van der Waals surface area contributed by atoms with Crippen LogP contribution in [0.1, 0.15) is 28.8 Å². The molecule has 0 bridgehead atoms. The van der Waals surface area contributed by atoms with E-state index in [4.69, 9.17) is 4.74 Å². The molecule has 3 rings (SSSR count). The Kier molecular flexibility index (Phi) is 4.71. The van der Waals surface area contributed by atoms with Crippen molar-refractivity contribution in [3.8, 4) is 5.88 Å². The summed E-state index contributed by atoms with van der Waals surface area (Å²) in [6.45, 7) is 2.60. The van der Waals surface area contributed by atoms with Crippen LogP contribution in [0, 0.1) is 0 Å². The maximum absolute atomic E-state index is 12.1. The third-order valence-electron chi connectivity index (χ3n) is 3.90. The van der Waals surface area contributed by atoms with Gasteiger partial charge in [-0.1, -0.05) is 6.07 Å². The molecule has 2 aromatic heterocycles. The van der Waals surface area contributed by atoms with Crippen LogP contribution >= 0.6 is 0 Å². The second-order valence-electron chi connectivity index (χ2n) is 5.49. The van der Waals surface area contributed by atoms with Crippen molar-refractivity contribution in [2.24, 2.45) is 0 Å². The third kappa shape index (κ3) is 3.77. The Hall–Kier alpha value is -2.63. The lowest BCUT2D eigenvalue weighted by Gasteiger charge is -2.16. The van der Waals surface area contributed by atoms with Gasteiger partial charge in [0.05, 0.1) is 12.7 Å². The molecular weight excluding hydrogens is 292 g/mol. The molecule has 6 heteroatoms. The molecule has 1 saturated heterocycles. The summed E-state index contributed by atoms with van der Waals surface area (Å²) in [5.41, 5.74) is 1.48. The first-order chi connectivity index (χ1) is 11.3. The minimum atomic E-state index is -0.163. The van der Waals surface area contributed by atoms with E-state index in [0.29, 0.717) is 18.0 Å². The average molecular weight is 312 g/mol. The van der Waals surface area contributed by atoms with Gasteiger partial charge in [-0.3, -0.25) is 4.79 Å². The van der Waals surface area contributed by atoms with Crippen molar-refractivity contribution in [1.82, 2.24) is 15.3 Å². The predicted molar refractivity (Wildman–Crippen MR) is 87.6 cm³/mol. The SMILES string of the molecule is COc1ccc(C(=O)NCc2ccc(N3CCCC3)nc2)cn1. The normalized spacial score (nSPS) is 13.9. The first-order valence-electron chi connectivity index (χ1n) is 7.74. The van der Waals surface area contributed by atoms with Crippen molar-refractivity contribution in [1.29, 1.82) is 0 Å². The van der Waals surface area contributed by atoms with Crippen molar-refractivity contribution < 1.29 is 9.53 Å². The third-order valence-corrected chi connectivity index (χ3v) is 3.90. The second kappa shape index (κ2) is 7.09. The van der Waals surface area contributed by atoms with E-state index < -0.39 is 0 Å². The van der Waals surface area contributed by atoms with E-state index in [1.54, 1.807) is 19.2 Å². The number of hydrogen-bond donors (Lipinski definition) is 1. The maximum Gasteiger partial charge on any atom is 0.253 e. The highest BCUT2D eigenvalue weighted by Gasteiger charge is 2.13. The van der Waals surface area contributed by atoms with Crippen LogP contribution in [0.4, 0.5) is 5.82 Å². The summed E-state index contributed by atoms with van der Waals surface area (Å²) in [6.07, 6.45) is 5.79. The zero-order valence-electron chi connectivity index (χ0n) is 13.2. The molecule has 0 radical (unpaired) electrons. The van der Waals surface area contributed by atoms with E-state index in [9.17, 15) is 4.79 Å². The van der Waals surface area contributed by atoms with Crippen LogP contribution in [0.3, 0.4) is 0 Å². The van der Waals surface area contributed by atoms with Crippen molar-refractivity contribution in [3.05, 3.63) is 47.8 Å². The summed E-state index contributed by atoms with van der Waals surface area (Å²) < 4.78 is 4.98. The van der Waals surface area contributed by atoms with Gasteiger partial charge in [0.1, 0.15) is 5.82 Å². The van der Waals surface area contributed by atoms with Gasteiger partial charge in [0.2, 0.25) is 5.88 Å². The summed E-state index contributed by atoms with van der Waals surface area (Å²) in [5.74, 6) is 1.34. The maximum atomic E-state index is 12.1. The molecule has 0 atom stereocenters. The van der Waals surface area contributed by atoms with Gasteiger partial charge in [-0.05, 0) is 30.5 Å². The van der Waals surface area contributed by atoms with Gasteiger partial charge < -0.3 is 15.0 Å². The van der Waals surface area contributed by atoms with E-state index in [0.717, 1.165) is 24.5 Å². The first-order valence-corrected chi connectivity index (χ1v) is 7.74. The monoisotopic (exact) mass is 312 g/mol. The Morgan fingerprint density at radius 1 is 1.17 bits per heavy atom. The van der Waals surface area contributed by atoms with Crippen LogP contribution in [0.15, 0.2) is 36.7 Å². The number of carbonyl (C=O) groups is 1. The van der Waals surface area contributed by atoms with Crippen LogP contribution < -0.4 is 15.0 Å². The predicted octanol–water partition coefficient (Wildman–Crippen LogP) is 2.02. The molecule has 0 saturated carbocycles. The number of nitrogens with zero attached hydrogens (tertiary/aromatic N) is 3. The Morgan fingerprint density at radius 2 is 2.00 bits per heavy atom. The molecule has 1 fully saturated rings. The van der Waals surface area contributed by atoms with Crippen LogP contribution in [0.25, 0.3) is 0 Å². The number of methoxy groups -OCH3 is 1. The molecule has 0 unspecified atom stereocenters. The Bertz CT molecular complexity index is 649. The molecule has 1 aliphatic rings. The molecule has 23 heavy (non-hydrogen) atoms. The Balaban J connectivity index is 1.55. The smallest absolute Gasteiger partial charge is 0.253 e. The highest BCUT2D eigenvalue weighted by Crippen LogP contribution is 2.17. The van der Waals surface area contributed by atoms with Gasteiger partial charge >= 0.3 is 0 Å². The zero-order chi connectivity index (χ0) is 16.1. The van der Waals surface area contributed by atoms with Gasteiger partial charge in [-0.25, -0.2) is 9.97 Å². The number of carbonyl (C=O) groups excluding carboxylic acids is 1. The summed E-state index contributed by atoms with van der Waals surface area (Å²) in [7, 11) is 1.54. The molecule has 120 valence electrons. The van der Waals surface area contributed by atoms with E-state index in [2.05, 4.69) is 20.2 Å². The van der Waals surface area contributed by atoms with Gasteiger partial charge in [-0.2, -0.15) is 0 Å². The number of aromatic nitrogens is 2. The summed E-state index contributed by atoms with van der Waals surface area (Å²) in [5, 5.41) is 2.87. The summed E-state index contributed by atoms with van der Waals surface area (Å²) in [6, 6.07) is 7.38. The minimum absolute atomic E-state index is 0.163. The Labute approximate surface area is 135 Å². The van der Waals surface area contributed by atoms with E-state index in [1.165, 1.54) is 19.0 Å². The fraction of sp³-hybridized carbons (Fsp3) is 0.353. The largest absolute Gasteiger partial charge is 0.481 e. The van der Waals surface area contributed by atoms with E-state index in [1.807, 2.05) is 18.3 Å². The molecule has 1 amide bonds. The van der Waals surface area contributed by atoms with Crippen molar-refractivity contribution >= 4 is 11.7 Å². The fourth-order valence-electron chi connectivity index (χ4n) is 2.57. The molecule has 0 aliphatic carbocycles. The van der Waals surface area contributed by atoms with Gasteiger partial charge in [0.25, 0.3) is 5.91 Å². The lowest BCUT2D eigenvalue weighted by atomic mass is 10.2. The molecule has 6 nitrogen and oxygen atoms in total. The van der Waals surface area contributed by atoms with Gasteiger partial charge in [0.15, 0.2) is 0 Å². The first kappa shape index (κ1) is 15.3. The number of ether oxygens (including phenoxy) is 1. The van der Waals surface area contributed by atoms with Crippen LogP contribution in [-0.2, 0) is 6.54 Å². The zero-order valence-corrected chi connectivity index (χ0v) is 13.2. The molecule has 0 spiro atoms. The number of hydrogen-bond acceptors (Lipinski definition) is 5. The van der Waals surface area contributed by atoms with Crippen LogP contribution in [0.2, 0.25) is 0 Å². The number of rotatable bonds is 5. The average Bonchev–Trinajstić information content (AvgIpc) is 3.15. The number of anilines is 1. The van der Waals surface area contributed by atoms with Crippen molar-refractivity contribution in [3.63, 3.8) is 0 Å².